The zero-order valence-corrected chi connectivity index (χ0v) is 28.0. The summed E-state index contributed by atoms with van der Waals surface area (Å²) in [5.41, 5.74) is 7.82. The van der Waals surface area contributed by atoms with Crippen molar-refractivity contribution in [1.82, 2.24) is 4.90 Å². The summed E-state index contributed by atoms with van der Waals surface area (Å²) in [6.07, 6.45) is 2.55. The summed E-state index contributed by atoms with van der Waals surface area (Å²) in [7, 11) is 0. The van der Waals surface area contributed by atoms with E-state index in [9.17, 15) is 9.59 Å². The lowest BCUT2D eigenvalue weighted by Gasteiger charge is -2.49. The van der Waals surface area contributed by atoms with E-state index in [4.69, 9.17) is 9.47 Å². The fraction of sp³-hybridized carbons (Fsp3) is 0.500. The zero-order chi connectivity index (χ0) is 30.6. The van der Waals surface area contributed by atoms with Gasteiger partial charge in [0.1, 0.15) is 6.61 Å². The van der Waals surface area contributed by atoms with Crippen LogP contribution in [0.1, 0.15) is 95.4 Å². The van der Waals surface area contributed by atoms with Crippen molar-refractivity contribution in [3.8, 4) is 11.5 Å². The van der Waals surface area contributed by atoms with Crippen molar-refractivity contribution in [3.63, 3.8) is 0 Å². The number of hydrogen-bond donors (Lipinski definition) is 0. The van der Waals surface area contributed by atoms with E-state index >= 15 is 0 Å². The van der Waals surface area contributed by atoms with Crippen LogP contribution in [0, 0.1) is 24.7 Å². The third-order valence-electron chi connectivity index (χ3n) is 8.67. The number of rotatable bonds is 7. The van der Waals surface area contributed by atoms with Gasteiger partial charge in [0, 0.05) is 47.8 Å². The molecule has 2 aromatic carbocycles. The van der Waals surface area contributed by atoms with Gasteiger partial charge in [0.25, 0.3) is 0 Å². The van der Waals surface area contributed by atoms with Crippen molar-refractivity contribution in [2.75, 3.05) is 13.2 Å². The first kappa shape index (κ1) is 30.6. The van der Waals surface area contributed by atoms with Crippen LogP contribution in [0.25, 0.3) is 0 Å². The molecule has 2 aliphatic carbocycles. The van der Waals surface area contributed by atoms with Crippen LogP contribution in [0.15, 0.2) is 57.3 Å². The molecule has 2 aromatic rings. The number of carbonyl (C=O) groups is 2. The first-order valence-electron chi connectivity index (χ1n) is 15.2. The van der Waals surface area contributed by atoms with Gasteiger partial charge in [-0.3, -0.25) is 9.59 Å². The summed E-state index contributed by atoms with van der Waals surface area (Å²) in [5, 5.41) is 0. The highest BCUT2D eigenvalue weighted by Gasteiger charge is 2.48. The lowest BCUT2D eigenvalue weighted by atomic mass is 9.63. The fourth-order valence-corrected chi connectivity index (χ4v) is 7.80. The molecule has 1 aliphatic heterocycles. The first-order chi connectivity index (χ1) is 19.7. The van der Waals surface area contributed by atoms with Crippen LogP contribution in [-0.4, -0.2) is 29.6 Å². The Labute approximate surface area is 259 Å². The summed E-state index contributed by atoms with van der Waals surface area (Å²) in [6, 6.07) is 10.4. The molecule has 0 aromatic heterocycles. The van der Waals surface area contributed by atoms with E-state index in [0.29, 0.717) is 37.6 Å². The fourth-order valence-electron chi connectivity index (χ4n) is 7.23. The van der Waals surface area contributed by atoms with E-state index in [-0.39, 0.29) is 22.4 Å². The van der Waals surface area contributed by atoms with Crippen molar-refractivity contribution >= 4 is 27.5 Å². The van der Waals surface area contributed by atoms with Gasteiger partial charge in [0.15, 0.2) is 23.1 Å². The van der Waals surface area contributed by atoms with Crippen LogP contribution in [-0.2, 0) is 16.2 Å². The normalized spacial score (nSPS) is 20.1. The number of ketones is 2. The highest BCUT2D eigenvalue weighted by Crippen LogP contribution is 2.55. The van der Waals surface area contributed by atoms with Gasteiger partial charge < -0.3 is 14.4 Å². The van der Waals surface area contributed by atoms with E-state index < -0.39 is 5.92 Å². The monoisotopic (exact) mass is 633 g/mol. The molecule has 0 bridgehead atoms. The lowest BCUT2D eigenvalue weighted by Crippen LogP contribution is -2.44. The Kier molecular flexibility index (Phi) is 8.25. The minimum atomic E-state index is -0.422. The van der Waals surface area contributed by atoms with Crippen LogP contribution in [0.5, 0.6) is 11.5 Å². The van der Waals surface area contributed by atoms with Crippen molar-refractivity contribution in [3.05, 3.63) is 79.6 Å². The van der Waals surface area contributed by atoms with E-state index in [1.165, 1.54) is 11.1 Å². The molecule has 224 valence electrons. The summed E-state index contributed by atoms with van der Waals surface area (Å²) in [5.74, 6) is 1.09. The molecule has 0 radical (unpaired) electrons. The molecule has 5 nitrogen and oxygen atoms in total. The summed E-state index contributed by atoms with van der Waals surface area (Å²) in [6.45, 7) is 18.5. The van der Waals surface area contributed by atoms with Crippen molar-refractivity contribution in [1.29, 1.82) is 0 Å². The van der Waals surface area contributed by atoms with E-state index in [2.05, 4.69) is 87.5 Å². The van der Waals surface area contributed by atoms with Crippen LogP contribution in [0.3, 0.4) is 0 Å². The minimum absolute atomic E-state index is 0.136. The third kappa shape index (κ3) is 5.84. The Morgan fingerprint density at radius 3 is 1.86 bits per heavy atom. The number of Topliss-reactive ketones (excluding diaryl/α,β-unsaturated/α-hetero) is 2. The Hall–Kier alpha value is -2.86. The topological polar surface area (TPSA) is 55.8 Å². The average Bonchev–Trinajstić information content (AvgIpc) is 2.85. The van der Waals surface area contributed by atoms with Gasteiger partial charge in [-0.2, -0.15) is 0 Å². The Bertz CT molecular complexity index is 1440. The molecule has 0 N–H and O–H groups in total. The van der Waals surface area contributed by atoms with Crippen molar-refractivity contribution in [2.45, 2.75) is 93.6 Å². The van der Waals surface area contributed by atoms with Crippen molar-refractivity contribution in [2.24, 2.45) is 10.8 Å². The minimum Gasteiger partial charge on any atom is -0.490 e. The molecule has 5 rings (SSSR count). The number of carbonyl (C=O) groups excluding carboxylic acids is 2. The average molecular weight is 635 g/mol. The maximum Gasteiger partial charge on any atom is 0.175 e. The predicted molar refractivity (Wildman–Crippen MR) is 171 cm³/mol. The number of allylic oxidation sites excluding steroid dienone is 4. The largest absolute Gasteiger partial charge is 0.490 e. The molecule has 0 fully saturated rings. The van der Waals surface area contributed by atoms with Crippen LogP contribution in [0.4, 0.5) is 0 Å². The van der Waals surface area contributed by atoms with Gasteiger partial charge >= 0.3 is 0 Å². The number of benzene rings is 2. The Balaban J connectivity index is 1.65. The van der Waals surface area contributed by atoms with E-state index in [0.717, 1.165) is 57.5 Å². The molecule has 0 spiro atoms. The molecule has 42 heavy (non-hydrogen) atoms. The van der Waals surface area contributed by atoms with Gasteiger partial charge in [-0.1, -0.05) is 57.0 Å². The number of halogens is 1. The molecular formula is C36H44BrNO4. The maximum absolute atomic E-state index is 14.0. The molecule has 0 saturated carbocycles. The van der Waals surface area contributed by atoms with Crippen LogP contribution < -0.4 is 9.47 Å². The van der Waals surface area contributed by atoms with Crippen LogP contribution >= 0.6 is 15.9 Å². The van der Waals surface area contributed by atoms with Crippen molar-refractivity contribution < 1.29 is 19.1 Å². The van der Waals surface area contributed by atoms with Gasteiger partial charge in [0.2, 0.25) is 0 Å². The predicted octanol–water partition coefficient (Wildman–Crippen LogP) is 8.75. The number of aryl methyl sites for hydroxylation is 2. The first-order valence-corrected chi connectivity index (χ1v) is 16.0. The number of ether oxygens (including phenoxy) is 2. The molecular weight excluding hydrogens is 590 g/mol. The maximum atomic E-state index is 14.0. The molecule has 1 heterocycles. The number of hydrogen-bond acceptors (Lipinski definition) is 5. The summed E-state index contributed by atoms with van der Waals surface area (Å²) < 4.78 is 13.3. The Morgan fingerprint density at radius 1 is 0.810 bits per heavy atom. The highest BCUT2D eigenvalue weighted by atomic mass is 79.9. The second-order valence-corrected chi connectivity index (χ2v) is 14.7. The number of nitrogens with zero attached hydrogens (tertiary/aromatic N) is 1. The molecule has 0 unspecified atom stereocenters. The smallest absolute Gasteiger partial charge is 0.175 e. The van der Waals surface area contributed by atoms with Gasteiger partial charge in [-0.25, -0.2) is 0 Å². The van der Waals surface area contributed by atoms with Gasteiger partial charge in [-0.15, -0.1) is 0 Å². The van der Waals surface area contributed by atoms with Gasteiger partial charge in [0.05, 0.1) is 11.1 Å². The van der Waals surface area contributed by atoms with Crippen LogP contribution in [0.2, 0.25) is 0 Å². The van der Waals surface area contributed by atoms with Gasteiger partial charge in [-0.05, 0) is 90.6 Å². The Morgan fingerprint density at radius 2 is 1.36 bits per heavy atom. The van der Waals surface area contributed by atoms with E-state index in [1.54, 1.807) is 0 Å². The van der Waals surface area contributed by atoms with E-state index in [1.807, 2.05) is 19.1 Å². The second kappa shape index (κ2) is 11.3. The quantitative estimate of drug-likeness (QED) is 0.305. The molecule has 0 amide bonds. The summed E-state index contributed by atoms with van der Waals surface area (Å²) >= 11 is 3.79. The summed E-state index contributed by atoms with van der Waals surface area (Å²) in [4.78, 5) is 30.3. The SMILES string of the molecule is CCOc1cc(C2C3=C(CC(C)(C)CC3=O)N(CC)C3=C2C(=O)CC(C)(C)C3)cc(Br)c1OCc1cc(C)cc(C)c1. The molecule has 0 saturated heterocycles. The molecule has 0 atom stereocenters. The second-order valence-electron chi connectivity index (χ2n) is 13.8. The molecule has 3 aliphatic rings. The zero-order valence-electron chi connectivity index (χ0n) is 26.4. The lowest BCUT2D eigenvalue weighted by molar-refractivity contribution is -0.119. The highest BCUT2D eigenvalue weighted by molar-refractivity contribution is 9.10. The third-order valence-corrected chi connectivity index (χ3v) is 9.26. The molecule has 6 heteroatoms. The standard InChI is InChI=1S/C36H44BrNO4/c1-9-38-26-16-35(5,6)18-28(39)32(26)31(33-27(38)17-36(7,8)19-29(33)40)24-14-25(37)34(30(15-24)41-10-2)42-20-23-12-21(3)11-22(4)13-23/h11-15,31H,9-10,16-20H2,1-8H3.